The Bertz CT molecular complexity index is 650. The van der Waals surface area contributed by atoms with Crippen LogP contribution in [0.25, 0.3) is 0 Å². The lowest BCUT2D eigenvalue weighted by molar-refractivity contribution is -0.147. The summed E-state index contributed by atoms with van der Waals surface area (Å²) in [5, 5.41) is 2.14. The first kappa shape index (κ1) is 21.6. The van der Waals surface area contributed by atoms with Gasteiger partial charge in [-0.2, -0.15) is 26.3 Å². The maximum absolute atomic E-state index is 13.0. The number of ether oxygens (including phenoxy) is 1. The molecule has 146 valence electrons. The van der Waals surface area contributed by atoms with E-state index in [1.54, 1.807) is 0 Å². The maximum Gasteiger partial charge on any atom is 0.418 e. The molecule has 0 aliphatic carbocycles. The van der Waals surface area contributed by atoms with Gasteiger partial charge in [-0.1, -0.05) is 0 Å². The molecule has 3 N–H and O–H groups in total. The topological polar surface area (TPSA) is 81.4 Å². The summed E-state index contributed by atoms with van der Waals surface area (Å²) in [7, 11) is 0. The SMILES string of the molecule is CCOC(=O)C(Cc1cc(C(F)(F)F)c(N)c(C(F)(F)F)c1)NC(C)=O. The number of hydrogen-bond donors (Lipinski definition) is 2. The minimum absolute atomic E-state index is 0.0851. The highest BCUT2D eigenvalue weighted by molar-refractivity contribution is 5.83. The minimum atomic E-state index is -5.13. The van der Waals surface area contributed by atoms with E-state index in [0.717, 1.165) is 6.92 Å². The van der Waals surface area contributed by atoms with Crippen molar-refractivity contribution in [1.82, 2.24) is 5.32 Å². The number of carbonyl (C=O) groups is 2. The standard InChI is InChI=1S/C15H16F6N2O3/c1-3-26-13(25)11(23-7(2)24)6-8-4-9(14(16,17)18)12(22)10(5-8)15(19,20)21/h4-5,11H,3,6,22H2,1-2H3,(H,23,24). The molecule has 0 saturated heterocycles. The van der Waals surface area contributed by atoms with Crippen molar-refractivity contribution in [2.45, 2.75) is 38.7 Å². The smallest absolute Gasteiger partial charge is 0.418 e. The number of hydrogen-bond acceptors (Lipinski definition) is 4. The minimum Gasteiger partial charge on any atom is -0.464 e. The van der Waals surface area contributed by atoms with Crippen LogP contribution in [-0.4, -0.2) is 24.5 Å². The van der Waals surface area contributed by atoms with E-state index in [2.05, 4.69) is 10.1 Å². The summed E-state index contributed by atoms with van der Waals surface area (Å²) >= 11 is 0. The van der Waals surface area contributed by atoms with Gasteiger partial charge in [-0.15, -0.1) is 0 Å². The van der Waals surface area contributed by atoms with E-state index >= 15 is 0 Å². The molecule has 5 nitrogen and oxygen atoms in total. The van der Waals surface area contributed by atoms with Crippen molar-refractivity contribution in [1.29, 1.82) is 0 Å². The third-order valence-electron chi connectivity index (χ3n) is 3.24. The molecule has 0 aromatic heterocycles. The number of nitrogen functional groups attached to an aromatic ring is 1. The van der Waals surface area contributed by atoms with E-state index in [9.17, 15) is 35.9 Å². The summed E-state index contributed by atoms with van der Waals surface area (Å²) in [6, 6.07) is -0.615. The molecule has 1 amide bonds. The Morgan fingerprint density at radius 3 is 1.92 bits per heavy atom. The second kappa shape index (κ2) is 7.83. The number of benzene rings is 1. The Morgan fingerprint density at radius 1 is 1.12 bits per heavy atom. The second-order valence-electron chi connectivity index (χ2n) is 5.31. The number of amides is 1. The van der Waals surface area contributed by atoms with E-state index in [1.165, 1.54) is 6.92 Å². The predicted molar refractivity (Wildman–Crippen MR) is 78.8 cm³/mol. The van der Waals surface area contributed by atoms with Gasteiger partial charge in [0.25, 0.3) is 0 Å². The molecule has 1 aromatic carbocycles. The number of rotatable bonds is 5. The monoisotopic (exact) mass is 386 g/mol. The van der Waals surface area contributed by atoms with Crippen molar-refractivity contribution in [2.24, 2.45) is 0 Å². The van der Waals surface area contributed by atoms with E-state index in [0.29, 0.717) is 12.1 Å². The Balaban J connectivity index is 3.41. The van der Waals surface area contributed by atoms with Gasteiger partial charge < -0.3 is 15.8 Å². The normalized spacial score (nSPS) is 13.2. The summed E-state index contributed by atoms with van der Waals surface area (Å²) in [5.41, 5.74) is -0.243. The number of nitrogens with one attached hydrogen (secondary N) is 1. The fourth-order valence-corrected chi connectivity index (χ4v) is 2.22. The van der Waals surface area contributed by atoms with Crippen LogP contribution in [0.2, 0.25) is 0 Å². The summed E-state index contributed by atoms with van der Waals surface area (Å²) in [4.78, 5) is 23.0. The van der Waals surface area contributed by atoms with E-state index in [-0.39, 0.29) is 6.61 Å². The zero-order valence-electron chi connectivity index (χ0n) is 13.7. The van der Waals surface area contributed by atoms with Gasteiger partial charge >= 0.3 is 18.3 Å². The molecule has 0 spiro atoms. The van der Waals surface area contributed by atoms with E-state index in [4.69, 9.17) is 5.73 Å². The van der Waals surface area contributed by atoms with Crippen LogP contribution in [0.1, 0.15) is 30.5 Å². The van der Waals surface area contributed by atoms with Gasteiger partial charge in [-0.25, -0.2) is 4.79 Å². The largest absolute Gasteiger partial charge is 0.464 e. The van der Waals surface area contributed by atoms with Crippen LogP contribution in [0, 0.1) is 0 Å². The first-order valence-corrected chi connectivity index (χ1v) is 7.27. The Hall–Kier alpha value is -2.46. The number of anilines is 1. The molecule has 0 aliphatic heterocycles. The van der Waals surface area contributed by atoms with Gasteiger partial charge in [0, 0.05) is 13.3 Å². The zero-order valence-corrected chi connectivity index (χ0v) is 13.7. The van der Waals surface area contributed by atoms with Crippen LogP contribution in [0.5, 0.6) is 0 Å². The first-order valence-electron chi connectivity index (χ1n) is 7.27. The molecule has 1 unspecified atom stereocenters. The lowest BCUT2D eigenvalue weighted by Gasteiger charge is -2.20. The highest BCUT2D eigenvalue weighted by Gasteiger charge is 2.41. The number of nitrogens with two attached hydrogens (primary N) is 1. The third kappa shape index (κ3) is 5.53. The zero-order chi connectivity index (χ0) is 20.3. The van der Waals surface area contributed by atoms with Gasteiger partial charge in [-0.05, 0) is 24.6 Å². The highest BCUT2D eigenvalue weighted by atomic mass is 19.4. The molecular weight excluding hydrogens is 370 g/mol. The predicted octanol–water partition coefficient (Wildman–Crippen LogP) is 2.92. The van der Waals surface area contributed by atoms with Gasteiger partial charge in [0.05, 0.1) is 23.4 Å². The van der Waals surface area contributed by atoms with Crippen LogP contribution in [-0.2, 0) is 33.1 Å². The molecule has 0 bridgehead atoms. The van der Waals surface area contributed by atoms with Gasteiger partial charge in [0.1, 0.15) is 6.04 Å². The summed E-state index contributed by atoms with van der Waals surface area (Å²) < 4.78 is 82.8. The van der Waals surface area contributed by atoms with Gasteiger partial charge in [0.2, 0.25) is 5.91 Å². The van der Waals surface area contributed by atoms with Gasteiger partial charge in [-0.3, -0.25) is 4.79 Å². The first-order chi connectivity index (χ1) is 11.8. The van der Waals surface area contributed by atoms with Crippen molar-refractivity contribution in [3.63, 3.8) is 0 Å². The van der Waals surface area contributed by atoms with Crippen molar-refractivity contribution in [3.8, 4) is 0 Å². The molecule has 0 fully saturated rings. The van der Waals surface area contributed by atoms with E-state index < -0.39 is 59.1 Å². The molecule has 11 heteroatoms. The molecule has 0 radical (unpaired) electrons. The Labute approximate surface area is 144 Å². The molecule has 0 heterocycles. The molecule has 0 saturated carbocycles. The van der Waals surface area contributed by atoms with E-state index in [1.807, 2.05) is 0 Å². The van der Waals surface area contributed by atoms with Crippen molar-refractivity contribution < 1.29 is 40.7 Å². The fourth-order valence-electron chi connectivity index (χ4n) is 2.22. The fraction of sp³-hybridized carbons (Fsp3) is 0.467. The Kier molecular flexibility index (Phi) is 6.50. The maximum atomic E-state index is 13.0. The van der Waals surface area contributed by atoms with Crippen LogP contribution in [0.15, 0.2) is 12.1 Å². The van der Waals surface area contributed by atoms with Crippen LogP contribution >= 0.6 is 0 Å². The van der Waals surface area contributed by atoms with Crippen molar-refractivity contribution in [2.75, 3.05) is 12.3 Å². The van der Waals surface area contributed by atoms with Crippen LogP contribution < -0.4 is 11.1 Å². The number of alkyl halides is 6. The average molecular weight is 386 g/mol. The summed E-state index contributed by atoms with van der Waals surface area (Å²) in [6.45, 7) is 2.41. The van der Waals surface area contributed by atoms with Gasteiger partial charge in [0.15, 0.2) is 0 Å². The molecule has 26 heavy (non-hydrogen) atoms. The summed E-state index contributed by atoms with van der Waals surface area (Å²) in [6.07, 6.45) is -10.9. The number of esters is 1. The molecule has 1 rings (SSSR count). The van der Waals surface area contributed by atoms with Crippen LogP contribution in [0.4, 0.5) is 32.0 Å². The summed E-state index contributed by atoms with van der Waals surface area (Å²) in [5.74, 6) is -1.69. The van der Waals surface area contributed by atoms with Crippen molar-refractivity contribution in [3.05, 3.63) is 28.8 Å². The molecule has 1 atom stereocenters. The Morgan fingerprint density at radius 2 is 1.58 bits per heavy atom. The number of halogens is 6. The van der Waals surface area contributed by atoms with Crippen LogP contribution in [0.3, 0.4) is 0 Å². The molecule has 1 aromatic rings. The lowest BCUT2D eigenvalue weighted by atomic mass is 9.97. The quantitative estimate of drug-likeness (QED) is 0.463. The highest BCUT2D eigenvalue weighted by Crippen LogP contribution is 2.42. The van der Waals surface area contributed by atoms with Crippen molar-refractivity contribution >= 4 is 17.6 Å². The second-order valence-corrected chi connectivity index (χ2v) is 5.31. The molecular formula is C15H16F6N2O3. The third-order valence-corrected chi connectivity index (χ3v) is 3.24. The average Bonchev–Trinajstić information content (AvgIpc) is 2.45. The molecule has 0 aliphatic rings. The lowest BCUT2D eigenvalue weighted by Crippen LogP contribution is -2.42. The number of carbonyl (C=O) groups excluding carboxylic acids is 2.